The topological polar surface area (TPSA) is 69.1 Å². The Morgan fingerprint density at radius 2 is 2.00 bits per heavy atom. The molecule has 0 fully saturated rings. The number of nitrogen functional groups attached to an aromatic ring is 1. The molecule has 5 heteroatoms. The number of hydrogen-bond acceptors (Lipinski definition) is 4. The summed E-state index contributed by atoms with van der Waals surface area (Å²) in [5.74, 6) is 1.36. The molecule has 0 aliphatic carbocycles. The van der Waals surface area contributed by atoms with Crippen molar-refractivity contribution in [3.63, 3.8) is 0 Å². The van der Waals surface area contributed by atoms with E-state index in [1.807, 2.05) is 35.7 Å². The van der Waals surface area contributed by atoms with Crippen LogP contribution in [0.25, 0.3) is 17.2 Å². The van der Waals surface area contributed by atoms with E-state index in [4.69, 9.17) is 5.73 Å². The average Bonchev–Trinajstić information content (AvgIpc) is 2.77. The van der Waals surface area contributed by atoms with Gasteiger partial charge < -0.3 is 5.73 Å². The van der Waals surface area contributed by atoms with Crippen molar-refractivity contribution in [2.45, 2.75) is 13.8 Å². The highest BCUT2D eigenvalue weighted by atomic mass is 15.3. The first-order chi connectivity index (χ1) is 8.66. The van der Waals surface area contributed by atoms with Crippen LogP contribution in [0.5, 0.6) is 0 Å². The Balaban J connectivity index is 2.33. The van der Waals surface area contributed by atoms with Crippen molar-refractivity contribution in [1.82, 2.24) is 19.6 Å². The SMILES string of the molecule is Cc1cc(N)cc(-c2nnc3ncccn23)c1C. The lowest BCUT2D eigenvalue weighted by Crippen LogP contribution is -1.96. The lowest BCUT2D eigenvalue weighted by atomic mass is 10.0. The molecule has 3 rings (SSSR count). The molecule has 0 bridgehead atoms. The van der Waals surface area contributed by atoms with Gasteiger partial charge in [0.2, 0.25) is 0 Å². The Bertz CT molecular complexity index is 729. The second-order valence-electron chi connectivity index (χ2n) is 4.32. The summed E-state index contributed by atoms with van der Waals surface area (Å²) < 4.78 is 1.86. The van der Waals surface area contributed by atoms with Crippen molar-refractivity contribution in [2.75, 3.05) is 5.73 Å². The van der Waals surface area contributed by atoms with Crippen LogP contribution in [0.3, 0.4) is 0 Å². The molecular formula is C13H13N5. The summed E-state index contributed by atoms with van der Waals surface area (Å²) in [5.41, 5.74) is 9.93. The minimum absolute atomic E-state index is 0.590. The van der Waals surface area contributed by atoms with Crippen LogP contribution in [-0.2, 0) is 0 Å². The third-order valence-corrected chi connectivity index (χ3v) is 3.12. The van der Waals surface area contributed by atoms with Gasteiger partial charge in [-0.25, -0.2) is 4.98 Å². The highest BCUT2D eigenvalue weighted by Crippen LogP contribution is 2.26. The molecular weight excluding hydrogens is 226 g/mol. The number of fused-ring (bicyclic) bond motifs is 1. The summed E-state index contributed by atoms with van der Waals surface area (Å²) in [6.45, 7) is 4.10. The van der Waals surface area contributed by atoms with Crippen LogP contribution in [-0.4, -0.2) is 19.6 Å². The van der Waals surface area contributed by atoms with Gasteiger partial charge in [-0.3, -0.25) is 4.40 Å². The number of hydrogen-bond donors (Lipinski definition) is 1. The first-order valence-corrected chi connectivity index (χ1v) is 5.69. The molecule has 0 aliphatic heterocycles. The van der Waals surface area contributed by atoms with Crippen molar-refractivity contribution in [2.24, 2.45) is 0 Å². The molecule has 0 aliphatic rings. The molecule has 18 heavy (non-hydrogen) atoms. The second-order valence-corrected chi connectivity index (χ2v) is 4.32. The molecule has 5 nitrogen and oxygen atoms in total. The van der Waals surface area contributed by atoms with E-state index in [1.165, 1.54) is 0 Å². The van der Waals surface area contributed by atoms with Crippen LogP contribution in [0.1, 0.15) is 11.1 Å². The number of nitrogens with zero attached hydrogens (tertiary/aromatic N) is 4. The fraction of sp³-hybridized carbons (Fsp3) is 0.154. The zero-order valence-corrected chi connectivity index (χ0v) is 10.3. The molecule has 90 valence electrons. The quantitative estimate of drug-likeness (QED) is 0.659. The smallest absolute Gasteiger partial charge is 0.255 e. The predicted octanol–water partition coefficient (Wildman–Crippen LogP) is 1.99. The summed E-state index contributed by atoms with van der Waals surface area (Å²) in [6, 6.07) is 5.74. The number of anilines is 1. The van der Waals surface area contributed by atoms with Crippen molar-refractivity contribution in [1.29, 1.82) is 0 Å². The van der Waals surface area contributed by atoms with Gasteiger partial charge in [0.15, 0.2) is 5.82 Å². The van der Waals surface area contributed by atoms with E-state index in [2.05, 4.69) is 22.1 Å². The van der Waals surface area contributed by atoms with E-state index in [0.717, 1.165) is 28.2 Å². The Morgan fingerprint density at radius 3 is 2.83 bits per heavy atom. The maximum Gasteiger partial charge on any atom is 0.255 e. The fourth-order valence-corrected chi connectivity index (χ4v) is 2.05. The van der Waals surface area contributed by atoms with E-state index in [-0.39, 0.29) is 0 Å². The zero-order chi connectivity index (χ0) is 12.7. The first-order valence-electron chi connectivity index (χ1n) is 5.69. The van der Waals surface area contributed by atoms with Crippen LogP contribution >= 0.6 is 0 Å². The molecule has 0 unspecified atom stereocenters. The molecule has 0 atom stereocenters. The summed E-state index contributed by atoms with van der Waals surface area (Å²) in [6.07, 6.45) is 3.60. The Labute approximate surface area is 104 Å². The Morgan fingerprint density at radius 1 is 1.17 bits per heavy atom. The molecule has 2 aromatic heterocycles. The number of rotatable bonds is 1. The lowest BCUT2D eigenvalue weighted by molar-refractivity contribution is 1.10. The molecule has 0 radical (unpaired) electrons. The van der Waals surface area contributed by atoms with Crippen molar-refractivity contribution < 1.29 is 0 Å². The third-order valence-electron chi connectivity index (χ3n) is 3.12. The number of nitrogens with two attached hydrogens (primary N) is 1. The number of aromatic nitrogens is 4. The van der Waals surface area contributed by atoms with Gasteiger partial charge in [0.25, 0.3) is 5.78 Å². The third kappa shape index (κ3) is 1.52. The molecule has 2 N–H and O–H groups in total. The van der Waals surface area contributed by atoms with E-state index in [0.29, 0.717) is 5.78 Å². The van der Waals surface area contributed by atoms with Crippen LogP contribution in [0.15, 0.2) is 30.6 Å². The number of aryl methyl sites for hydroxylation is 1. The summed E-state index contributed by atoms with van der Waals surface area (Å²) in [7, 11) is 0. The zero-order valence-electron chi connectivity index (χ0n) is 10.3. The maximum atomic E-state index is 5.91. The van der Waals surface area contributed by atoms with Crippen molar-refractivity contribution in [3.05, 3.63) is 41.7 Å². The van der Waals surface area contributed by atoms with Gasteiger partial charge in [0.1, 0.15) is 0 Å². The van der Waals surface area contributed by atoms with Crippen molar-refractivity contribution in [3.8, 4) is 11.4 Å². The van der Waals surface area contributed by atoms with Crippen molar-refractivity contribution >= 4 is 11.5 Å². The normalized spacial score (nSPS) is 11.0. The Hall–Kier alpha value is -2.43. The highest BCUT2D eigenvalue weighted by molar-refractivity contribution is 5.68. The van der Waals surface area contributed by atoms with Gasteiger partial charge in [-0.05, 0) is 43.2 Å². The standard InChI is InChI=1S/C13H13N5/c1-8-6-10(14)7-11(9(8)2)12-16-17-13-15-4-3-5-18(12)13/h3-7H,14H2,1-2H3. The highest BCUT2D eigenvalue weighted by Gasteiger charge is 2.12. The molecule has 3 aromatic rings. The van der Waals surface area contributed by atoms with E-state index >= 15 is 0 Å². The first kappa shape index (κ1) is 10.7. The van der Waals surface area contributed by atoms with Gasteiger partial charge in [0.05, 0.1) is 0 Å². The number of benzene rings is 1. The summed E-state index contributed by atoms with van der Waals surface area (Å²) in [4.78, 5) is 4.16. The van der Waals surface area contributed by atoms with Crippen LogP contribution in [0.4, 0.5) is 5.69 Å². The van der Waals surface area contributed by atoms with Gasteiger partial charge in [-0.2, -0.15) is 0 Å². The largest absolute Gasteiger partial charge is 0.399 e. The predicted molar refractivity (Wildman–Crippen MR) is 70.1 cm³/mol. The Kier molecular flexibility index (Phi) is 2.26. The van der Waals surface area contributed by atoms with Gasteiger partial charge in [-0.15, -0.1) is 10.2 Å². The van der Waals surface area contributed by atoms with Gasteiger partial charge >= 0.3 is 0 Å². The minimum Gasteiger partial charge on any atom is -0.399 e. The van der Waals surface area contributed by atoms with Gasteiger partial charge in [0, 0.05) is 23.6 Å². The second kappa shape index (κ2) is 3.80. The minimum atomic E-state index is 0.590. The van der Waals surface area contributed by atoms with E-state index in [9.17, 15) is 0 Å². The van der Waals surface area contributed by atoms with Crippen LogP contribution < -0.4 is 5.73 Å². The lowest BCUT2D eigenvalue weighted by Gasteiger charge is -2.08. The average molecular weight is 239 g/mol. The summed E-state index contributed by atoms with van der Waals surface area (Å²) in [5, 5.41) is 8.26. The molecule has 0 spiro atoms. The van der Waals surface area contributed by atoms with Crippen LogP contribution in [0.2, 0.25) is 0 Å². The fourth-order valence-electron chi connectivity index (χ4n) is 2.05. The maximum absolute atomic E-state index is 5.91. The van der Waals surface area contributed by atoms with Crippen LogP contribution in [0, 0.1) is 13.8 Å². The monoisotopic (exact) mass is 239 g/mol. The molecule has 2 heterocycles. The van der Waals surface area contributed by atoms with Gasteiger partial charge in [-0.1, -0.05) is 0 Å². The molecule has 0 amide bonds. The van der Waals surface area contributed by atoms with E-state index in [1.54, 1.807) is 6.20 Å². The molecule has 0 saturated heterocycles. The summed E-state index contributed by atoms with van der Waals surface area (Å²) >= 11 is 0. The van der Waals surface area contributed by atoms with E-state index < -0.39 is 0 Å². The molecule has 0 saturated carbocycles. The molecule has 1 aromatic carbocycles.